The maximum atomic E-state index is 9.29. The molecule has 0 saturated carbocycles. The molecule has 82 valence electrons. The van der Waals surface area contributed by atoms with Gasteiger partial charge in [0.1, 0.15) is 0 Å². The largest absolute Gasteiger partial charge is 0.392 e. The monoisotopic (exact) mass is 225 g/mol. The summed E-state index contributed by atoms with van der Waals surface area (Å²) in [7, 11) is 0. The van der Waals surface area contributed by atoms with Gasteiger partial charge in [-0.05, 0) is 31.9 Å². The maximum absolute atomic E-state index is 9.29. The topological polar surface area (TPSA) is 23.5 Å². The van der Waals surface area contributed by atoms with Gasteiger partial charge in [0.2, 0.25) is 0 Å². The van der Waals surface area contributed by atoms with Crippen LogP contribution in [0.25, 0.3) is 0 Å². The van der Waals surface area contributed by atoms with Crippen molar-refractivity contribution < 1.29 is 5.11 Å². The summed E-state index contributed by atoms with van der Waals surface area (Å²) in [6.07, 6.45) is 2.44. The molecule has 2 nitrogen and oxygen atoms in total. The van der Waals surface area contributed by atoms with Crippen molar-refractivity contribution in [3.63, 3.8) is 0 Å². The fourth-order valence-electron chi connectivity index (χ4n) is 2.23. The van der Waals surface area contributed by atoms with Crippen molar-refractivity contribution in [3.05, 3.63) is 28.8 Å². The number of aliphatic hydroxyl groups is 1. The van der Waals surface area contributed by atoms with Gasteiger partial charge in [-0.1, -0.05) is 17.7 Å². The third kappa shape index (κ3) is 2.11. The highest BCUT2D eigenvalue weighted by atomic mass is 35.5. The average Bonchev–Trinajstić information content (AvgIpc) is 2.64. The van der Waals surface area contributed by atoms with Crippen molar-refractivity contribution in [2.75, 3.05) is 11.4 Å². The molecule has 1 atom stereocenters. The van der Waals surface area contributed by atoms with E-state index in [1.165, 1.54) is 12.8 Å². The van der Waals surface area contributed by atoms with Crippen LogP contribution >= 0.6 is 11.6 Å². The number of aliphatic hydroxyl groups excluding tert-OH is 1. The van der Waals surface area contributed by atoms with Gasteiger partial charge in [0.15, 0.2) is 0 Å². The standard InChI is InChI=1S/C12H16ClNO/c1-9-3-2-6-14(9)12-7-11(13)5-4-10(12)8-15/h4-5,7,9,15H,2-3,6,8H2,1H3. The molecular formula is C12H16ClNO. The number of benzene rings is 1. The molecule has 0 amide bonds. The van der Waals surface area contributed by atoms with E-state index in [9.17, 15) is 5.11 Å². The number of hydrogen-bond donors (Lipinski definition) is 1. The Labute approximate surface area is 95.5 Å². The van der Waals surface area contributed by atoms with Crippen LogP contribution in [-0.2, 0) is 6.61 Å². The van der Waals surface area contributed by atoms with Crippen LogP contribution in [0.3, 0.4) is 0 Å². The van der Waals surface area contributed by atoms with E-state index < -0.39 is 0 Å². The van der Waals surface area contributed by atoms with Crippen LogP contribution < -0.4 is 4.90 Å². The molecule has 1 N–H and O–H groups in total. The van der Waals surface area contributed by atoms with Gasteiger partial charge >= 0.3 is 0 Å². The molecule has 15 heavy (non-hydrogen) atoms. The number of anilines is 1. The molecule has 1 unspecified atom stereocenters. The van der Waals surface area contributed by atoms with E-state index in [1.54, 1.807) is 0 Å². The minimum atomic E-state index is 0.0791. The minimum Gasteiger partial charge on any atom is -0.392 e. The molecule has 1 saturated heterocycles. The first-order valence-electron chi connectivity index (χ1n) is 5.38. The van der Waals surface area contributed by atoms with Gasteiger partial charge in [0, 0.05) is 28.9 Å². The van der Waals surface area contributed by atoms with Gasteiger partial charge in [-0.25, -0.2) is 0 Å². The molecule has 1 aliphatic rings. The van der Waals surface area contributed by atoms with Crippen molar-refractivity contribution in [3.8, 4) is 0 Å². The van der Waals surface area contributed by atoms with Gasteiger partial charge in [0.25, 0.3) is 0 Å². The molecule has 3 heteroatoms. The van der Waals surface area contributed by atoms with Crippen molar-refractivity contribution >= 4 is 17.3 Å². The molecule has 1 aliphatic heterocycles. The van der Waals surface area contributed by atoms with E-state index in [4.69, 9.17) is 11.6 Å². The third-order valence-electron chi connectivity index (χ3n) is 3.08. The summed E-state index contributed by atoms with van der Waals surface area (Å²) in [6, 6.07) is 6.24. The first-order chi connectivity index (χ1) is 7.22. The predicted molar refractivity (Wildman–Crippen MR) is 63.4 cm³/mol. The molecular weight excluding hydrogens is 210 g/mol. The van der Waals surface area contributed by atoms with Gasteiger partial charge in [0.05, 0.1) is 6.61 Å². The zero-order valence-electron chi connectivity index (χ0n) is 8.91. The molecule has 0 spiro atoms. The lowest BCUT2D eigenvalue weighted by Crippen LogP contribution is -2.27. The maximum Gasteiger partial charge on any atom is 0.0702 e. The SMILES string of the molecule is CC1CCCN1c1cc(Cl)ccc1CO. The van der Waals surface area contributed by atoms with Crippen LogP contribution in [0, 0.1) is 0 Å². The van der Waals surface area contributed by atoms with Crippen molar-refractivity contribution in [2.24, 2.45) is 0 Å². The van der Waals surface area contributed by atoms with Crippen LogP contribution in [-0.4, -0.2) is 17.7 Å². The third-order valence-corrected chi connectivity index (χ3v) is 3.32. The van der Waals surface area contributed by atoms with E-state index in [0.717, 1.165) is 22.8 Å². The Morgan fingerprint density at radius 2 is 2.33 bits per heavy atom. The van der Waals surface area contributed by atoms with E-state index in [0.29, 0.717) is 6.04 Å². The fraction of sp³-hybridized carbons (Fsp3) is 0.500. The first-order valence-corrected chi connectivity index (χ1v) is 5.76. The lowest BCUT2D eigenvalue weighted by Gasteiger charge is -2.26. The van der Waals surface area contributed by atoms with Gasteiger partial charge in [-0.2, -0.15) is 0 Å². The summed E-state index contributed by atoms with van der Waals surface area (Å²) in [5.74, 6) is 0. The molecule has 1 fully saturated rings. The highest BCUT2D eigenvalue weighted by Crippen LogP contribution is 2.30. The summed E-state index contributed by atoms with van der Waals surface area (Å²) in [5.41, 5.74) is 2.06. The van der Waals surface area contributed by atoms with Gasteiger partial charge < -0.3 is 10.0 Å². The molecule has 0 bridgehead atoms. The molecule has 2 rings (SSSR count). The zero-order chi connectivity index (χ0) is 10.8. The molecule has 0 radical (unpaired) electrons. The van der Waals surface area contributed by atoms with E-state index in [-0.39, 0.29) is 6.61 Å². The zero-order valence-corrected chi connectivity index (χ0v) is 9.67. The molecule has 1 aromatic carbocycles. The molecule has 1 aromatic rings. The van der Waals surface area contributed by atoms with E-state index in [2.05, 4.69) is 11.8 Å². The number of nitrogens with zero attached hydrogens (tertiary/aromatic N) is 1. The van der Waals surface area contributed by atoms with Gasteiger partial charge in [-0.3, -0.25) is 0 Å². The summed E-state index contributed by atoms with van der Waals surface area (Å²) < 4.78 is 0. The molecule has 0 aromatic heterocycles. The minimum absolute atomic E-state index is 0.0791. The smallest absolute Gasteiger partial charge is 0.0702 e. The lowest BCUT2D eigenvalue weighted by atomic mass is 10.1. The average molecular weight is 226 g/mol. The van der Waals surface area contributed by atoms with Crippen LogP contribution in [0.15, 0.2) is 18.2 Å². The van der Waals surface area contributed by atoms with E-state index in [1.807, 2.05) is 18.2 Å². The van der Waals surface area contributed by atoms with Crippen molar-refractivity contribution in [1.82, 2.24) is 0 Å². The summed E-state index contributed by atoms with van der Waals surface area (Å²) in [6.45, 7) is 3.36. The number of hydrogen-bond acceptors (Lipinski definition) is 2. The second-order valence-electron chi connectivity index (χ2n) is 4.12. The first kappa shape index (κ1) is 10.8. The number of halogens is 1. The highest BCUT2D eigenvalue weighted by Gasteiger charge is 2.22. The van der Waals surface area contributed by atoms with Crippen molar-refractivity contribution in [1.29, 1.82) is 0 Å². The van der Waals surface area contributed by atoms with Crippen LogP contribution in [0.1, 0.15) is 25.3 Å². The quantitative estimate of drug-likeness (QED) is 0.837. The Hall–Kier alpha value is -0.730. The Kier molecular flexibility index (Phi) is 3.17. The summed E-state index contributed by atoms with van der Waals surface area (Å²) >= 11 is 5.99. The van der Waals surface area contributed by atoms with Gasteiger partial charge in [-0.15, -0.1) is 0 Å². The summed E-state index contributed by atoms with van der Waals surface area (Å²) in [4.78, 5) is 2.33. The lowest BCUT2D eigenvalue weighted by molar-refractivity contribution is 0.282. The summed E-state index contributed by atoms with van der Waals surface area (Å²) in [5, 5.41) is 10.0. The molecule has 1 heterocycles. The predicted octanol–water partition coefficient (Wildman–Crippen LogP) is 2.82. The van der Waals surface area contributed by atoms with E-state index >= 15 is 0 Å². The Balaban J connectivity index is 2.36. The Morgan fingerprint density at radius 1 is 1.53 bits per heavy atom. The van der Waals surface area contributed by atoms with Crippen LogP contribution in [0.2, 0.25) is 5.02 Å². The van der Waals surface area contributed by atoms with Crippen LogP contribution in [0.4, 0.5) is 5.69 Å². The fourth-order valence-corrected chi connectivity index (χ4v) is 2.40. The normalized spacial score (nSPS) is 21.0. The molecule has 0 aliphatic carbocycles. The second kappa shape index (κ2) is 4.42. The second-order valence-corrected chi connectivity index (χ2v) is 4.55. The Bertz CT molecular complexity index is 353. The Morgan fingerprint density at radius 3 is 2.93 bits per heavy atom. The van der Waals surface area contributed by atoms with Crippen LogP contribution in [0.5, 0.6) is 0 Å². The number of rotatable bonds is 2. The highest BCUT2D eigenvalue weighted by molar-refractivity contribution is 6.30. The van der Waals surface area contributed by atoms with Crippen molar-refractivity contribution in [2.45, 2.75) is 32.4 Å².